The lowest BCUT2D eigenvalue weighted by atomic mass is 10.2. The van der Waals surface area contributed by atoms with Gasteiger partial charge in [0.25, 0.3) is 11.8 Å². The lowest BCUT2D eigenvalue weighted by molar-refractivity contribution is -0.116. The van der Waals surface area contributed by atoms with Gasteiger partial charge in [-0.15, -0.1) is 5.10 Å². The molecule has 4 rings (SSSR count). The van der Waals surface area contributed by atoms with Gasteiger partial charge in [0.05, 0.1) is 11.8 Å². The molecule has 31 heavy (non-hydrogen) atoms. The molecule has 0 saturated carbocycles. The van der Waals surface area contributed by atoms with Crippen molar-refractivity contribution in [2.75, 3.05) is 0 Å². The number of halogens is 1. The number of rotatable bonds is 5. The van der Waals surface area contributed by atoms with E-state index in [1.807, 2.05) is 6.07 Å². The Kier molecular flexibility index (Phi) is 5.61. The van der Waals surface area contributed by atoms with Crippen LogP contribution in [0.1, 0.15) is 16.1 Å². The van der Waals surface area contributed by atoms with E-state index in [9.17, 15) is 14.0 Å². The zero-order valence-corrected chi connectivity index (χ0v) is 15.9. The number of tetrazole rings is 1. The van der Waals surface area contributed by atoms with Gasteiger partial charge in [-0.25, -0.2) is 4.39 Å². The van der Waals surface area contributed by atoms with Crippen LogP contribution in [0.15, 0.2) is 77.4 Å². The number of amides is 2. The second kappa shape index (κ2) is 8.82. The summed E-state index contributed by atoms with van der Waals surface area (Å²) < 4.78 is 20.3. The van der Waals surface area contributed by atoms with Crippen LogP contribution in [-0.2, 0) is 4.79 Å². The molecule has 0 aliphatic heterocycles. The number of nitrogens with zero attached hydrogens (tertiary/aromatic N) is 4. The van der Waals surface area contributed by atoms with Gasteiger partial charge in [-0.05, 0) is 34.7 Å². The zero-order chi connectivity index (χ0) is 21.6. The molecule has 0 atom stereocenters. The fourth-order valence-corrected chi connectivity index (χ4v) is 2.74. The number of carbonyl (C=O) groups is 2. The fourth-order valence-electron chi connectivity index (χ4n) is 2.74. The summed E-state index contributed by atoms with van der Waals surface area (Å²) in [6.45, 7) is 0. The van der Waals surface area contributed by atoms with Crippen molar-refractivity contribution in [2.24, 2.45) is 0 Å². The van der Waals surface area contributed by atoms with Crippen molar-refractivity contribution in [3.05, 3.63) is 90.1 Å². The van der Waals surface area contributed by atoms with Crippen molar-refractivity contribution in [2.45, 2.75) is 0 Å². The van der Waals surface area contributed by atoms with E-state index >= 15 is 0 Å². The Morgan fingerprint density at radius 1 is 0.968 bits per heavy atom. The lowest BCUT2D eigenvalue weighted by Crippen LogP contribution is -2.43. The minimum absolute atomic E-state index is 0.0346. The fraction of sp³-hybridized carbons (Fsp3) is 0. The minimum Gasteiger partial charge on any atom is -0.465 e. The van der Waals surface area contributed by atoms with Gasteiger partial charge in [0.1, 0.15) is 17.3 Å². The van der Waals surface area contributed by atoms with Gasteiger partial charge in [-0.3, -0.25) is 20.4 Å². The number of benzene rings is 2. The molecule has 0 unspecified atom stereocenters. The molecule has 2 aromatic heterocycles. The van der Waals surface area contributed by atoms with Crippen molar-refractivity contribution >= 4 is 23.6 Å². The summed E-state index contributed by atoms with van der Waals surface area (Å²) in [7, 11) is 0. The number of carbonyl (C=O) groups excluding carboxylic acids is 2. The highest BCUT2D eigenvalue weighted by molar-refractivity contribution is 6.19. The summed E-state index contributed by atoms with van der Waals surface area (Å²) >= 11 is 0. The standard InChI is InChI=1S/C21H15FN6O3/c22-17-11-5-4-10-16(17)20(29)24-25-21(30)18(13-15-9-6-12-31-15)28-19(23-26-27-28)14-7-2-1-3-8-14/h1-13H,(H,24,29)(H,25,30)/b18-13+. The van der Waals surface area contributed by atoms with Crippen LogP contribution in [0, 0.1) is 5.82 Å². The summed E-state index contributed by atoms with van der Waals surface area (Å²) in [5, 5.41) is 11.6. The molecule has 154 valence electrons. The van der Waals surface area contributed by atoms with Crippen LogP contribution >= 0.6 is 0 Å². The molecule has 4 aromatic rings. The van der Waals surface area contributed by atoms with Gasteiger partial charge in [-0.1, -0.05) is 42.5 Å². The predicted molar refractivity (Wildman–Crippen MR) is 108 cm³/mol. The maximum absolute atomic E-state index is 13.8. The van der Waals surface area contributed by atoms with Crippen molar-refractivity contribution in [1.29, 1.82) is 0 Å². The van der Waals surface area contributed by atoms with Crippen molar-refractivity contribution < 1.29 is 18.4 Å². The minimum atomic E-state index is -0.816. The Morgan fingerprint density at radius 2 is 1.74 bits per heavy atom. The van der Waals surface area contributed by atoms with Crippen molar-refractivity contribution in [3.63, 3.8) is 0 Å². The van der Waals surface area contributed by atoms with E-state index in [0.29, 0.717) is 17.1 Å². The Morgan fingerprint density at radius 3 is 2.48 bits per heavy atom. The van der Waals surface area contributed by atoms with Gasteiger partial charge < -0.3 is 4.42 Å². The van der Waals surface area contributed by atoms with Crippen LogP contribution < -0.4 is 10.9 Å². The van der Waals surface area contributed by atoms with Crippen LogP contribution in [0.25, 0.3) is 23.2 Å². The van der Waals surface area contributed by atoms with E-state index < -0.39 is 17.6 Å². The van der Waals surface area contributed by atoms with E-state index in [-0.39, 0.29) is 11.3 Å². The van der Waals surface area contributed by atoms with Gasteiger partial charge in [0, 0.05) is 11.6 Å². The van der Waals surface area contributed by atoms with E-state index in [4.69, 9.17) is 4.42 Å². The first-order valence-corrected chi connectivity index (χ1v) is 9.08. The first kappa shape index (κ1) is 19.7. The maximum atomic E-state index is 13.8. The first-order chi connectivity index (χ1) is 15.1. The quantitative estimate of drug-likeness (QED) is 0.380. The summed E-state index contributed by atoms with van der Waals surface area (Å²) in [5.74, 6) is -1.61. The molecule has 2 amide bonds. The molecular formula is C21H15FN6O3. The molecule has 0 aliphatic carbocycles. The van der Waals surface area contributed by atoms with E-state index in [0.717, 1.165) is 6.07 Å². The number of furan rings is 1. The van der Waals surface area contributed by atoms with Crippen molar-refractivity contribution in [1.82, 2.24) is 31.1 Å². The highest BCUT2D eigenvalue weighted by Gasteiger charge is 2.21. The third kappa shape index (κ3) is 4.37. The largest absolute Gasteiger partial charge is 0.465 e. The predicted octanol–water partition coefficient (Wildman–Crippen LogP) is 2.53. The number of hydrogen-bond donors (Lipinski definition) is 2. The third-order valence-electron chi connectivity index (χ3n) is 4.19. The molecule has 0 fully saturated rings. The molecule has 10 heteroatoms. The van der Waals surface area contributed by atoms with Crippen LogP contribution in [0.2, 0.25) is 0 Å². The number of hydrogen-bond acceptors (Lipinski definition) is 6. The molecular weight excluding hydrogens is 403 g/mol. The van der Waals surface area contributed by atoms with Crippen LogP contribution in [0.3, 0.4) is 0 Å². The Balaban J connectivity index is 1.63. The molecule has 9 nitrogen and oxygen atoms in total. The maximum Gasteiger partial charge on any atom is 0.288 e. The smallest absolute Gasteiger partial charge is 0.288 e. The SMILES string of the molecule is O=C(NNC(=O)c1ccccc1F)/C(=C\c1ccco1)n1nnnc1-c1ccccc1. The molecule has 2 N–H and O–H groups in total. The molecule has 2 heterocycles. The van der Waals surface area contributed by atoms with Crippen molar-refractivity contribution in [3.8, 4) is 11.4 Å². The Hall–Kier alpha value is -4.60. The van der Waals surface area contributed by atoms with Gasteiger partial charge >= 0.3 is 0 Å². The summed E-state index contributed by atoms with van der Waals surface area (Å²) in [4.78, 5) is 25.2. The van der Waals surface area contributed by atoms with Gasteiger partial charge in [0.15, 0.2) is 5.82 Å². The van der Waals surface area contributed by atoms with Gasteiger partial charge in [-0.2, -0.15) is 4.68 Å². The third-order valence-corrected chi connectivity index (χ3v) is 4.19. The highest BCUT2D eigenvalue weighted by atomic mass is 19.1. The molecule has 0 aliphatic rings. The number of nitrogens with one attached hydrogen (secondary N) is 2. The summed E-state index contributed by atoms with van der Waals surface area (Å²) in [5.41, 5.74) is 4.86. The average Bonchev–Trinajstić information content (AvgIpc) is 3.48. The van der Waals surface area contributed by atoms with Gasteiger partial charge in [0.2, 0.25) is 0 Å². The first-order valence-electron chi connectivity index (χ1n) is 9.08. The molecule has 2 aromatic carbocycles. The zero-order valence-electron chi connectivity index (χ0n) is 15.9. The molecule has 0 radical (unpaired) electrons. The summed E-state index contributed by atoms with van der Waals surface area (Å²) in [6.07, 6.45) is 2.85. The van der Waals surface area contributed by atoms with Crippen LogP contribution in [0.5, 0.6) is 0 Å². The summed E-state index contributed by atoms with van der Waals surface area (Å²) in [6, 6.07) is 17.7. The van der Waals surface area contributed by atoms with E-state index in [1.165, 1.54) is 35.2 Å². The Bertz CT molecular complexity index is 1240. The van der Waals surface area contributed by atoms with Crippen LogP contribution in [0.4, 0.5) is 4.39 Å². The monoisotopic (exact) mass is 418 g/mol. The second-order valence-corrected chi connectivity index (χ2v) is 6.21. The van der Waals surface area contributed by atoms with E-state index in [2.05, 4.69) is 26.4 Å². The molecule has 0 saturated heterocycles. The van der Waals surface area contributed by atoms with Crippen LogP contribution in [-0.4, -0.2) is 32.0 Å². The normalized spacial score (nSPS) is 11.2. The second-order valence-electron chi connectivity index (χ2n) is 6.21. The Labute approximate surface area is 175 Å². The van der Waals surface area contributed by atoms with E-state index in [1.54, 1.807) is 36.4 Å². The molecule has 0 bridgehead atoms. The average molecular weight is 418 g/mol. The number of hydrazine groups is 1. The topological polar surface area (TPSA) is 115 Å². The number of aromatic nitrogens is 4. The highest BCUT2D eigenvalue weighted by Crippen LogP contribution is 2.20. The molecule has 0 spiro atoms. The lowest BCUT2D eigenvalue weighted by Gasteiger charge is -2.11.